The second kappa shape index (κ2) is 6.89. The first-order valence-corrected chi connectivity index (χ1v) is 8.98. The minimum Gasteiger partial charge on any atom is -0.465 e. The third kappa shape index (κ3) is 3.35. The third-order valence-corrected chi connectivity index (χ3v) is 5.30. The summed E-state index contributed by atoms with van der Waals surface area (Å²) in [7, 11) is 0. The summed E-state index contributed by atoms with van der Waals surface area (Å²) in [6, 6.07) is -0.588. The number of rotatable bonds is 3. The van der Waals surface area contributed by atoms with E-state index in [1.807, 2.05) is 36.4 Å². The van der Waals surface area contributed by atoms with Crippen molar-refractivity contribution in [2.45, 2.75) is 38.4 Å². The van der Waals surface area contributed by atoms with Crippen molar-refractivity contribution in [3.05, 3.63) is 21.3 Å². The molecule has 0 spiro atoms. The van der Waals surface area contributed by atoms with Crippen LogP contribution >= 0.6 is 22.6 Å². The van der Waals surface area contributed by atoms with Crippen LogP contribution in [0.1, 0.15) is 31.9 Å². The molecule has 0 radical (unpaired) electrons. The van der Waals surface area contributed by atoms with Crippen LogP contribution in [0.25, 0.3) is 5.52 Å². The first-order valence-electron chi connectivity index (χ1n) is 7.90. The summed E-state index contributed by atoms with van der Waals surface area (Å²) >= 11 is 1.95. The molecule has 0 aliphatic carbocycles. The van der Waals surface area contributed by atoms with Crippen molar-refractivity contribution in [3.8, 4) is 0 Å². The molecule has 0 aromatic carbocycles. The van der Waals surface area contributed by atoms with Crippen LogP contribution in [0.4, 0.5) is 19.5 Å². The first kappa shape index (κ1) is 18.1. The Labute approximate surface area is 156 Å². The van der Waals surface area contributed by atoms with Crippen LogP contribution in [-0.2, 0) is 0 Å². The Hall–Kier alpha value is -1.72. The maximum absolute atomic E-state index is 14.3. The summed E-state index contributed by atoms with van der Waals surface area (Å²) < 4.78 is 30.5. The van der Waals surface area contributed by atoms with Gasteiger partial charge in [-0.05, 0) is 34.9 Å². The van der Waals surface area contributed by atoms with Crippen LogP contribution < -0.4 is 5.32 Å². The molecule has 1 aliphatic heterocycles. The fourth-order valence-electron chi connectivity index (χ4n) is 2.97. The molecule has 2 atom stereocenters. The van der Waals surface area contributed by atoms with Gasteiger partial charge in [0.05, 0.1) is 28.0 Å². The van der Waals surface area contributed by atoms with Gasteiger partial charge in [0.2, 0.25) is 5.95 Å². The van der Waals surface area contributed by atoms with E-state index < -0.39 is 18.3 Å². The standard InChI is InChI=1S/C15H18F2IN5O2/c1-7(2)13-12(18)11(17)10-5-19-14(21-23(10)13)20-9-3-4-22(15(24)25)6-8(9)16/h5,7-9H,3-4,6H2,1-2H3,(H,20,21)(H,24,25)/t8-,9-/m1/s1. The summed E-state index contributed by atoms with van der Waals surface area (Å²) in [5.41, 5.74) is 1.01. The molecule has 0 unspecified atom stereocenters. The van der Waals surface area contributed by atoms with E-state index >= 15 is 0 Å². The molecule has 1 aliphatic rings. The van der Waals surface area contributed by atoms with Crippen LogP contribution in [-0.4, -0.2) is 56.0 Å². The molecular weight excluding hydrogens is 447 g/mol. The van der Waals surface area contributed by atoms with E-state index in [1.165, 1.54) is 10.7 Å². The highest BCUT2D eigenvalue weighted by Gasteiger charge is 2.32. The number of carboxylic acid groups (broad SMARTS) is 1. The molecule has 2 N–H and O–H groups in total. The van der Waals surface area contributed by atoms with Gasteiger partial charge in [-0.3, -0.25) is 0 Å². The maximum atomic E-state index is 14.3. The number of alkyl halides is 1. The summed E-state index contributed by atoms with van der Waals surface area (Å²) in [5, 5.41) is 16.2. The molecule has 25 heavy (non-hydrogen) atoms. The van der Waals surface area contributed by atoms with Gasteiger partial charge in [-0.25, -0.2) is 23.1 Å². The van der Waals surface area contributed by atoms with E-state index in [9.17, 15) is 13.6 Å². The highest BCUT2D eigenvalue weighted by Crippen LogP contribution is 2.28. The van der Waals surface area contributed by atoms with Crippen LogP contribution in [0, 0.1) is 9.39 Å². The Morgan fingerprint density at radius 3 is 2.84 bits per heavy atom. The van der Waals surface area contributed by atoms with E-state index in [0.29, 0.717) is 9.99 Å². The van der Waals surface area contributed by atoms with Crippen molar-refractivity contribution < 1.29 is 18.7 Å². The minimum atomic E-state index is -1.37. The number of carbonyl (C=O) groups is 1. The lowest BCUT2D eigenvalue weighted by Gasteiger charge is -2.33. The zero-order valence-corrected chi connectivity index (χ0v) is 15.9. The maximum Gasteiger partial charge on any atom is 0.407 e. The van der Waals surface area contributed by atoms with E-state index in [0.717, 1.165) is 10.6 Å². The fraction of sp³-hybridized carbons (Fsp3) is 0.533. The zero-order chi connectivity index (χ0) is 18.3. The average molecular weight is 465 g/mol. The van der Waals surface area contributed by atoms with Gasteiger partial charge in [-0.15, -0.1) is 5.10 Å². The van der Waals surface area contributed by atoms with Gasteiger partial charge in [0.15, 0.2) is 5.82 Å². The highest BCUT2D eigenvalue weighted by atomic mass is 127. The summed E-state index contributed by atoms with van der Waals surface area (Å²) in [6.07, 6.45) is -0.810. The quantitative estimate of drug-likeness (QED) is 0.682. The van der Waals surface area contributed by atoms with Crippen molar-refractivity contribution >= 4 is 40.1 Å². The van der Waals surface area contributed by atoms with Gasteiger partial charge >= 0.3 is 6.09 Å². The number of nitrogens with zero attached hydrogens (tertiary/aromatic N) is 4. The number of amides is 1. The van der Waals surface area contributed by atoms with Crippen LogP contribution in [0.2, 0.25) is 0 Å². The Balaban J connectivity index is 1.85. The van der Waals surface area contributed by atoms with Crippen molar-refractivity contribution in [2.24, 2.45) is 0 Å². The number of fused-ring (bicyclic) bond motifs is 1. The van der Waals surface area contributed by atoms with Gasteiger partial charge in [0, 0.05) is 6.54 Å². The highest BCUT2D eigenvalue weighted by molar-refractivity contribution is 14.1. The van der Waals surface area contributed by atoms with Gasteiger partial charge < -0.3 is 15.3 Å². The van der Waals surface area contributed by atoms with E-state index in [4.69, 9.17) is 5.11 Å². The molecule has 0 saturated carbocycles. The summed E-state index contributed by atoms with van der Waals surface area (Å²) in [5.74, 6) is -0.120. The van der Waals surface area contributed by atoms with Crippen molar-refractivity contribution in [1.82, 2.24) is 19.5 Å². The molecule has 136 valence electrons. The summed E-state index contributed by atoms with van der Waals surface area (Å²) in [6.45, 7) is 3.93. The third-order valence-electron chi connectivity index (χ3n) is 4.28. The fourth-order valence-corrected chi connectivity index (χ4v) is 4.10. The Bertz CT molecular complexity index is 813. The molecule has 1 fully saturated rings. The Morgan fingerprint density at radius 1 is 1.52 bits per heavy atom. The number of hydrogen-bond acceptors (Lipinski definition) is 4. The predicted octanol–water partition coefficient (Wildman–Crippen LogP) is 3.10. The number of piperidine rings is 1. The number of aromatic nitrogens is 3. The molecule has 10 heteroatoms. The second-order valence-electron chi connectivity index (χ2n) is 6.33. The van der Waals surface area contributed by atoms with Crippen molar-refractivity contribution in [3.63, 3.8) is 0 Å². The zero-order valence-electron chi connectivity index (χ0n) is 13.7. The first-order chi connectivity index (χ1) is 11.8. The lowest BCUT2D eigenvalue weighted by Crippen LogP contribution is -2.49. The molecule has 2 aromatic heterocycles. The van der Waals surface area contributed by atoms with Gasteiger partial charge in [0.1, 0.15) is 11.7 Å². The topological polar surface area (TPSA) is 82.8 Å². The number of likely N-dealkylation sites (tertiary alicyclic amines) is 1. The summed E-state index contributed by atoms with van der Waals surface area (Å²) in [4.78, 5) is 16.1. The predicted molar refractivity (Wildman–Crippen MR) is 96.3 cm³/mol. The molecule has 3 rings (SSSR count). The van der Waals surface area contributed by atoms with Crippen molar-refractivity contribution in [1.29, 1.82) is 0 Å². The lowest BCUT2D eigenvalue weighted by atomic mass is 10.0. The normalized spacial score (nSPS) is 21.1. The number of nitrogens with one attached hydrogen (secondary N) is 1. The number of halogens is 3. The molecule has 7 nitrogen and oxygen atoms in total. The largest absolute Gasteiger partial charge is 0.465 e. The van der Waals surface area contributed by atoms with Gasteiger partial charge in [-0.2, -0.15) is 0 Å². The SMILES string of the molecule is CC(C)c1c(I)c(F)c2cnc(N[C@@H]3CCN(C(=O)O)C[C@H]3F)nn12. The lowest BCUT2D eigenvalue weighted by molar-refractivity contribution is 0.101. The number of anilines is 1. The van der Waals surface area contributed by atoms with Crippen LogP contribution in [0.15, 0.2) is 6.20 Å². The average Bonchev–Trinajstić information content (AvgIpc) is 2.80. The molecule has 1 saturated heterocycles. The molecule has 0 bridgehead atoms. The molecule has 2 aromatic rings. The number of hydrogen-bond donors (Lipinski definition) is 2. The van der Waals surface area contributed by atoms with Crippen molar-refractivity contribution in [2.75, 3.05) is 18.4 Å². The smallest absolute Gasteiger partial charge is 0.407 e. The van der Waals surface area contributed by atoms with E-state index in [1.54, 1.807) is 0 Å². The molecular formula is C15H18F2IN5O2. The molecule has 1 amide bonds. The van der Waals surface area contributed by atoms with E-state index in [2.05, 4.69) is 15.4 Å². The Kier molecular flexibility index (Phi) is 4.98. The van der Waals surface area contributed by atoms with Gasteiger partial charge in [-0.1, -0.05) is 13.8 Å². The van der Waals surface area contributed by atoms with E-state index in [-0.39, 0.29) is 36.3 Å². The van der Waals surface area contributed by atoms with Crippen LogP contribution in [0.5, 0.6) is 0 Å². The van der Waals surface area contributed by atoms with Crippen LogP contribution in [0.3, 0.4) is 0 Å². The monoisotopic (exact) mass is 465 g/mol. The minimum absolute atomic E-state index is 0.0550. The Morgan fingerprint density at radius 2 is 2.24 bits per heavy atom. The second-order valence-corrected chi connectivity index (χ2v) is 7.41. The molecule has 3 heterocycles. The van der Waals surface area contributed by atoms with Gasteiger partial charge in [0.25, 0.3) is 0 Å².